The largest absolute Gasteiger partial charge is 0.462 e. The average Bonchev–Trinajstić information content (AvgIpc) is 2.94. The molecule has 4 nitrogen and oxygen atoms in total. The van der Waals surface area contributed by atoms with Crippen LogP contribution < -0.4 is 0 Å². The highest BCUT2D eigenvalue weighted by Crippen LogP contribution is 2.44. The molecule has 1 aromatic heterocycles. The van der Waals surface area contributed by atoms with Crippen molar-refractivity contribution in [3.63, 3.8) is 0 Å². The van der Waals surface area contributed by atoms with E-state index in [0.29, 0.717) is 0 Å². The van der Waals surface area contributed by atoms with E-state index in [1.54, 1.807) is 0 Å². The molecule has 0 N–H and O–H groups in total. The Morgan fingerprint density at radius 3 is 1.83 bits per heavy atom. The summed E-state index contributed by atoms with van der Waals surface area (Å²) in [7, 11) is 0. The van der Waals surface area contributed by atoms with Crippen LogP contribution in [0, 0.1) is 0 Å². The Bertz CT molecular complexity index is 955. The number of rotatable bonds is 3. The molecule has 1 aromatic carbocycles. The second-order valence-corrected chi connectivity index (χ2v) is 6.30. The molecule has 0 atom stereocenters. The molecule has 0 saturated carbocycles. The van der Waals surface area contributed by atoms with Crippen molar-refractivity contribution in [1.29, 1.82) is 0 Å². The van der Waals surface area contributed by atoms with Gasteiger partial charge in [-0.05, 0) is 19.1 Å². The first-order chi connectivity index (χ1) is 13.5. The highest BCUT2D eigenvalue weighted by atomic mass is 35.5. The van der Waals surface area contributed by atoms with E-state index in [2.05, 4.69) is 9.84 Å². The molecule has 166 valence electrons. The molecule has 0 saturated heterocycles. The van der Waals surface area contributed by atoms with Crippen molar-refractivity contribution in [3.05, 3.63) is 44.7 Å². The van der Waals surface area contributed by atoms with E-state index in [4.69, 9.17) is 23.2 Å². The number of carbonyl (C=O) groups excluding carboxylic acids is 1. The number of ether oxygens (including phenoxy) is 1. The quantitative estimate of drug-likeness (QED) is 0.370. The molecular formula is C15H7Cl2F9N2O2. The number of nitrogens with zero attached hydrogens (tertiary/aromatic N) is 2. The summed E-state index contributed by atoms with van der Waals surface area (Å²) in [5, 5.41) is 0.574. The lowest BCUT2D eigenvalue weighted by Gasteiger charge is -2.16. The van der Waals surface area contributed by atoms with Crippen molar-refractivity contribution >= 4 is 29.2 Å². The van der Waals surface area contributed by atoms with Crippen LogP contribution in [-0.4, -0.2) is 22.4 Å². The van der Waals surface area contributed by atoms with Gasteiger partial charge in [0.05, 0.1) is 22.2 Å². The Hall–Kier alpha value is -2.15. The second-order valence-electron chi connectivity index (χ2n) is 5.49. The fraction of sp³-hybridized carbons (Fsp3) is 0.333. The maximum Gasteiger partial charge on any atom is 0.436 e. The van der Waals surface area contributed by atoms with Crippen molar-refractivity contribution in [1.82, 2.24) is 9.78 Å². The third-order valence-electron chi connectivity index (χ3n) is 3.46. The van der Waals surface area contributed by atoms with Crippen LogP contribution in [0.1, 0.15) is 34.2 Å². The molecule has 0 aliphatic rings. The molecule has 0 aliphatic carbocycles. The zero-order valence-corrected chi connectivity index (χ0v) is 15.7. The molecule has 0 aliphatic heterocycles. The van der Waals surface area contributed by atoms with Crippen LogP contribution in [-0.2, 0) is 23.3 Å². The highest BCUT2D eigenvalue weighted by molar-refractivity contribution is 6.37. The first-order valence-corrected chi connectivity index (χ1v) is 8.26. The van der Waals surface area contributed by atoms with Crippen LogP contribution in [0.2, 0.25) is 10.0 Å². The highest BCUT2D eigenvalue weighted by Gasteiger charge is 2.50. The Balaban J connectivity index is 2.96. The Kier molecular flexibility index (Phi) is 6.30. The third-order valence-corrected chi connectivity index (χ3v) is 4.03. The average molecular weight is 489 g/mol. The van der Waals surface area contributed by atoms with Crippen molar-refractivity contribution < 1.29 is 49.0 Å². The lowest BCUT2D eigenvalue weighted by molar-refractivity contribution is -0.144. The summed E-state index contributed by atoms with van der Waals surface area (Å²) >= 11 is 11.2. The number of benzene rings is 1. The van der Waals surface area contributed by atoms with Crippen LogP contribution in [0.3, 0.4) is 0 Å². The van der Waals surface area contributed by atoms with Gasteiger partial charge in [0.1, 0.15) is 11.3 Å². The lowest BCUT2D eigenvalue weighted by Crippen LogP contribution is -2.20. The SMILES string of the molecule is CCOC(=O)c1c(C(F)(F)F)nn(-c2c(Cl)cc(C(F)(F)F)cc2Cl)c1C(F)(F)F. The van der Waals surface area contributed by atoms with Gasteiger partial charge in [0, 0.05) is 0 Å². The van der Waals surface area contributed by atoms with Crippen LogP contribution >= 0.6 is 23.2 Å². The predicted molar refractivity (Wildman–Crippen MR) is 84.5 cm³/mol. The third kappa shape index (κ3) is 4.61. The summed E-state index contributed by atoms with van der Waals surface area (Å²) in [6, 6.07) is 0.309. The number of esters is 1. The van der Waals surface area contributed by atoms with Gasteiger partial charge in [-0.1, -0.05) is 23.2 Å². The standard InChI is InChI=1S/C15H7Cl2F9N2O2/c1-2-30-12(29)8-10(14(21,22)23)27-28(11(8)15(24,25)26)9-6(16)3-5(4-7(9)17)13(18,19)20/h3-4H,2H2,1H3. The summed E-state index contributed by atoms with van der Waals surface area (Å²) in [4.78, 5) is 11.9. The van der Waals surface area contributed by atoms with Gasteiger partial charge in [0.25, 0.3) is 0 Å². The number of hydrogen-bond donors (Lipinski definition) is 0. The topological polar surface area (TPSA) is 44.1 Å². The second kappa shape index (κ2) is 7.84. The first-order valence-electron chi connectivity index (χ1n) is 7.51. The number of hydrogen-bond acceptors (Lipinski definition) is 3. The Morgan fingerprint density at radius 1 is 0.967 bits per heavy atom. The summed E-state index contributed by atoms with van der Waals surface area (Å²) in [6.45, 7) is 0.562. The van der Waals surface area contributed by atoms with Gasteiger partial charge in [-0.15, -0.1) is 0 Å². The van der Waals surface area contributed by atoms with Gasteiger partial charge in [-0.3, -0.25) is 0 Å². The molecule has 2 aromatic rings. The Labute approximate surface area is 171 Å². The van der Waals surface area contributed by atoms with E-state index in [0.717, 1.165) is 6.92 Å². The van der Waals surface area contributed by atoms with E-state index < -0.39 is 74.0 Å². The minimum Gasteiger partial charge on any atom is -0.462 e. The minimum absolute atomic E-state index is 0.155. The van der Waals surface area contributed by atoms with E-state index in [1.807, 2.05) is 0 Å². The zero-order valence-electron chi connectivity index (χ0n) is 14.2. The molecule has 0 fully saturated rings. The normalized spacial score (nSPS) is 12.9. The van der Waals surface area contributed by atoms with Gasteiger partial charge in [0.15, 0.2) is 11.4 Å². The molecule has 1 heterocycles. The van der Waals surface area contributed by atoms with E-state index in [1.165, 1.54) is 0 Å². The summed E-state index contributed by atoms with van der Waals surface area (Å²) in [5.74, 6) is -2.00. The van der Waals surface area contributed by atoms with Gasteiger partial charge < -0.3 is 4.74 Å². The van der Waals surface area contributed by atoms with Crippen LogP contribution in [0.15, 0.2) is 12.1 Å². The molecule has 0 amide bonds. The molecule has 15 heteroatoms. The van der Waals surface area contributed by atoms with Gasteiger partial charge in [-0.2, -0.15) is 44.6 Å². The molecule has 0 radical (unpaired) electrons. The van der Waals surface area contributed by atoms with E-state index >= 15 is 0 Å². The molecule has 2 rings (SSSR count). The summed E-state index contributed by atoms with van der Waals surface area (Å²) < 4.78 is 123. The number of halogens is 11. The number of aromatic nitrogens is 2. The van der Waals surface area contributed by atoms with Gasteiger partial charge >= 0.3 is 24.5 Å². The molecule has 0 unspecified atom stereocenters. The monoisotopic (exact) mass is 488 g/mol. The van der Waals surface area contributed by atoms with Crippen LogP contribution in [0.4, 0.5) is 39.5 Å². The van der Waals surface area contributed by atoms with Gasteiger partial charge in [0.2, 0.25) is 0 Å². The van der Waals surface area contributed by atoms with Crippen LogP contribution in [0.25, 0.3) is 5.69 Å². The molecule has 0 bridgehead atoms. The number of carbonyl (C=O) groups is 1. The van der Waals surface area contributed by atoms with E-state index in [9.17, 15) is 44.3 Å². The van der Waals surface area contributed by atoms with Crippen molar-refractivity contribution in [2.75, 3.05) is 6.61 Å². The minimum atomic E-state index is -5.63. The van der Waals surface area contributed by atoms with Crippen molar-refractivity contribution in [3.8, 4) is 5.69 Å². The maximum atomic E-state index is 13.6. The fourth-order valence-electron chi connectivity index (χ4n) is 2.37. The predicted octanol–water partition coefficient (Wildman–Crippen LogP) is 6.41. The maximum absolute atomic E-state index is 13.6. The molecule has 0 spiro atoms. The van der Waals surface area contributed by atoms with Crippen molar-refractivity contribution in [2.24, 2.45) is 0 Å². The van der Waals surface area contributed by atoms with Crippen molar-refractivity contribution in [2.45, 2.75) is 25.5 Å². The van der Waals surface area contributed by atoms with E-state index in [-0.39, 0.29) is 12.1 Å². The smallest absolute Gasteiger partial charge is 0.436 e. The van der Waals surface area contributed by atoms with Gasteiger partial charge in [-0.25, -0.2) is 9.48 Å². The zero-order chi connectivity index (χ0) is 23.2. The van der Waals surface area contributed by atoms with Crippen LogP contribution in [0.5, 0.6) is 0 Å². The number of alkyl halides is 9. The summed E-state index contributed by atoms with van der Waals surface area (Å²) in [5.41, 5.74) is -9.13. The first kappa shape index (κ1) is 24.1. The fourth-order valence-corrected chi connectivity index (χ4v) is 3.02. The molecule has 30 heavy (non-hydrogen) atoms. The summed E-state index contributed by atoms with van der Waals surface area (Å²) in [6.07, 6.45) is -16.2. The molecular weight excluding hydrogens is 482 g/mol. The Morgan fingerprint density at radius 2 is 1.47 bits per heavy atom. The lowest BCUT2D eigenvalue weighted by atomic mass is 10.1.